The first kappa shape index (κ1) is 63.2. The first-order valence-electron chi connectivity index (χ1n) is 25.0. The Morgan fingerprint density at radius 2 is 1.15 bits per heavy atom. The number of carboxylic acid groups (broad SMARTS) is 3. The number of benzene rings is 1. The molecule has 1 aliphatic rings. The van der Waals surface area contributed by atoms with E-state index in [4.69, 9.17) is 11.5 Å². The standard InChI is InChI=1S/C49H78N10O15/c1-25(2)21-35(56-42(66)31(51)23-29-13-15-30(60)16-14-29)48(72)59-20-10-12-37(59)46(70)52-28(7)41(65)58-40(27(5)6)47(71)55-34(24-39(63)64)45(69)54-33(17-18-38(61)62)44(68)53-32(11-8-9-19-50)43(67)57-36(49(73)74)22-26(3)4/h13-16,25-28,31-37,40,60H,8-12,17-24,50-51H2,1-7H3,(H,52,70)(H,53,68)(H,54,69)(H,55,71)(H,56,66)(H,57,67)(H,58,65)(H,61,62)(H,63,64)(H,73,74)/t28-,31-,32-,33-,34-,35-,36-,37-,40-/m0/s1. The molecule has 9 atom stereocenters. The number of nitrogens with one attached hydrogen (secondary N) is 7. The monoisotopic (exact) mass is 1050 g/mol. The predicted molar refractivity (Wildman–Crippen MR) is 267 cm³/mol. The number of rotatable bonds is 32. The van der Waals surface area contributed by atoms with Crippen LogP contribution in [0.3, 0.4) is 0 Å². The molecule has 0 saturated carbocycles. The van der Waals surface area contributed by atoms with E-state index in [2.05, 4.69) is 37.2 Å². The Balaban J connectivity index is 2.23. The third-order valence-electron chi connectivity index (χ3n) is 12.1. The second kappa shape index (κ2) is 31.0. The van der Waals surface area contributed by atoms with Crippen LogP contribution in [0.1, 0.15) is 118 Å². The van der Waals surface area contributed by atoms with Gasteiger partial charge in [0, 0.05) is 13.0 Å². The maximum Gasteiger partial charge on any atom is 0.326 e. The zero-order valence-corrected chi connectivity index (χ0v) is 43.3. The van der Waals surface area contributed by atoms with Gasteiger partial charge >= 0.3 is 17.9 Å². The summed E-state index contributed by atoms with van der Waals surface area (Å²) in [6.07, 6.45) is -0.524. The normalized spacial score (nSPS) is 16.6. The molecule has 0 radical (unpaired) electrons. The maximum absolute atomic E-state index is 14.0. The molecule has 1 aromatic carbocycles. The lowest BCUT2D eigenvalue weighted by atomic mass is 10.0. The van der Waals surface area contributed by atoms with Gasteiger partial charge in [0.1, 0.15) is 54.1 Å². The molecular formula is C49H78N10O15. The van der Waals surface area contributed by atoms with Crippen molar-refractivity contribution in [2.24, 2.45) is 29.2 Å². The topological polar surface area (TPSA) is 408 Å². The first-order chi connectivity index (χ1) is 34.6. The lowest BCUT2D eigenvalue weighted by Gasteiger charge is -2.31. The van der Waals surface area contributed by atoms with Crippen molar-refractivity contribution < 1.29 is 73.2 Å². The molecule has 2 rings (SSSR count). The second-order valence-corrected chi connectivity index (χ2v) is 19.8. The molecule has 25 heteroatoms. The van der Waals surface area contributed by atoms with Gasteiger partial charge in [-0.25, -0.2) is 4.79 Å². The molecule has 1 heterocycles. The van der Waals surface area contributed by atoms with Gasteiger partial charge in [-0.2, -0.15) is 0 Å². The van der Waals surface area contributed by atoms with Gasteiger partial charge in [0.2, 0.25) is 47.3 Å². The molecule has 74 heavy (non-hydrogen) atoms. The van der Waals surface area contributed by atoms with Crippen LogP contribution in [0.15, 0.2) is 24.3 Å². The minimum Gasteiger partial charge on any atom is -0.508 e. The molecule has 15 N–H and O–H groups in total. The summed E-state index contributed by atoms with van der Waals surface area (Å²) in [7, 11) is 0. The molecule has 25 nitrogen and oxygen atoms in total. The molecular weight excluding hydrogens is 969 g/mol. The molecule has 0 unspecified atom stereocenters. The first-order valence-corrected chi connectivity index (χ1v) is 25.0. The Hall–Kier alpha value is -6.89. The zero-order chi connectivity index (χ0) is 56.0. The highest BCUT2D eigenvalue weighted by Crippen LogP contribution is 2.21. The molecule has 1 fully saturated rings. The minimum absolute atomic E-state index is 0.0235. The number of carbonyl (C=O) groups is 11. The number of phenols is 1. The SMILES string of the molecule is CC(C)C[C@H](NC(=O)[C@H](CCCCN)NC(=O)[C@H](CCC(=O)O)NC(=O)[C@H](CC(=O)O)NC(=O)[C@@H](NC(=O)[C@H](C)NC(=O)[C@@H]1CCCN1C(=O)[C@H](CC(C)C)NC(=O)[C@@H](N)Cc1ccc(O)cc1)C(C)C)C(=O)O. The number of unbranched alkanes of at least 4 members (excludes halogenated alkanes) is 1. The molecule has 1 aromatic rings. The van der Waals surface area contributed by atoms with Crippen LogP contribution in [0.4, 0.5) is 0 Å². The Kier molecular flexibility index (Phi) is 26.5. The van der Waals surface area contributed by atoms with E-state index in [-0.39, 0.29) is 62.8 Å². The predicted octanol–water partition coefficient (Wildman–Crippen LogP) is -1.03. The number of aliphatic carboxylic acids is 3. The smallest absolute Gasteiger partial charge is 0.326 e. The molecule has 0 spiro atoms. The fraction of sp³-hybridized carbons (Fsp3) is 0.653. The van der Waals surface area contributed by atoms with Crippen LogP contribution in [0.5, 0.6) is 5.75 Å². The summed E-state index contributed by atoms with van der Waals surface area (Å²) in [5, 5.41) is 55.7. The van der Waals surface area contributed by atoms with E-state index in [1.807, 2.05) is 13.8 Å². The summed E-state index contributed by atoms with van der Waals surface area (Å²) in [5.74, 6) is -12.0. The molecule has 0 bridgehead atoms. The quantitative estimate of drug-likeness (QED) is 0.0384. The van der Waals surface area contributed by atoms with E-state index in [9.17, 15) is 73.2 Å². The van der Waals surface area contributed by atoms with E-state index >= 15 is 0 Å². The Morgan fingerprint density at radius 1 is 0.622 bits per heavy atom. The van der Waals surface area contributed by atoms with Crippen molar-refractivity contribution in [3.63, 3.8) is 0 Å². The van der Waals surface area contributed by atoms with Gasteiger partial charge in [-0.3, -0.25) is 47.9 Å². The number of hydrogen-bond donors (Lipinski definition) is 13. The van der Waals surface area contributed by atoms with Crippen LogP contribution in [0, 0.1) is 17.8 Å². The lowest BCUT2D eigenvalue weighted by molar-refractivity contribution is -0.143. The Labute approximate surface area is 430 Å². The number of hydrogen-bond acceptors (Lipinski definition) is 14. The van der Waals surface area contributed by atoms with Gasteiger partial charge < -0.3 is 74.0 Å². The van der Waals surface area contributed by atoms with Crippen molar-refractivity contribution in [2.45, 2.75) is 173 Å². The summed E-state index contributed by atoms with van der Waals surface area (Å²) >= 11 is 0. The molecule has 1 saturated heterocycles. The van der Waals surface area contributed by atoms with Crippen molar-refractivity contribution in [1.82, 2.24) is 42.1 Å². The van der Waals surface area contributed by atoms with Crippen molar-refractivity contribution in [1.29, 1.82) is 0 Å². The van der Waals surface area contributed by atoms with E-state index in [1.165, 1.54) is 37.8 Å². The zero-order valence-electron chi connectivity index (χ0n) is 43.3. The van der Waals surface area contributed by atoms with Crippen LogP contribution in [-0.4, -0.2) is 158 Å². The molecule has 0 aromatic heterocycles. The lowest BCUT2D eigenvalue weighted by Crippen LogP contribution is -2.61. The average Bonchev–Trinajstić information content (AvgIpc) is 3.81. The van der Waals surface area contributed by atoms with E-state index in [0.29, 0.717) is 24.8 Å². The molecule has 8 amide bonds. The van der Waals surface area contributed by atoms with Gasteiger partial charge in [0.25, 0.3) is 0 Å². The number of carboxylic acids is 3. The van der Waals surface area contributed by atoms with E-state index < -0.39 is 145 Å². The highest BCUT2D eigenvalue weighted by Gasteiger charge is 2.40. The van der Waals surface area contributed by atoms with E-state index in [0.717, 1.165) is 0 Å². The number of amides is 8. The van der Waals surface area contributed by atoms with Crippen molar-refractivity contribution in [2.75, 3.05) is 13.1 Å². The van der Waals surface area contributed by atoms with Crippen molar-refractivity contribution in [3.05, 3.63) is 29.8 Å². The van der Waals surface area contributed by atoms with Crippen molar-refractivity contribution in [3.8, 4) is 5.75 Å². The molecule has 1 aliphatic heterocycles. The van der Waals surface area contributed by atoms with Gasteiger partial charge in [-0.15, -0.1) is 0 Å². The summed E-state index contributed by atoms with van der Waals surface area (Å²) in [6.45, 7) is 12.0. The summed E-state index contributed by atoms with van der Waals surface area (Å²) in [5.41, 5.74) is 12.5. The van der Waals surface area contributed by atoms with Crippen LogP contribution in [-0.2, 0) is 59.2 Å². The maximum atomic E-state index is 14.0. The molecule has 0 aliphatic carbocycles. The summed E-state index contributed by atoms with van der Waals surface area (Å²) < 4.78 is 0. The number of phenolic OH excluding ortho intramolecular Hbond substituents is 1. The number of nitrogens with zero attached hydrogens (tertiary/aromatic N) is 1. The number of aromatic hydroxyl groups is 1. The van der Waals surface area contributed by atoms with Crippen LogP contribution in [0.25, 0.3) is 0 Å². The van der Waals surface area contributed by atoms with Gasteiger partial charge in [0.05, 0.1) is 12.5 Å². The van der Waals surface area contributed by atoms with E-state index in [1.54, 1.807) is 26.0 Å². The van der Waals surface area contributed by atoms with Gasteiger partial charge in [-0.1, -0.05) is 53.7 Å². The highest BCUT2D eigenvalue weighted by atomic mass is 16.4. The summed E-state index contributed by atoms with van der Waals surface area (Å²) in [4.78, 5) is 146. The second-order valence-electron chi connectivity index (χ2n) is 19.8. The minimum atomic E-state index is -1.91. The highest BCUT2D eigenvalue weighted by molar-refractivity contribution is 5.99. The van der Waals surface area contributed by atoms with Crippen LogP contribution >= 0.6 is 0 Å². The number of likely N-dealkylation sites (tertiary alicyclic amines) is 1. The Morgan fingerprint density at radius 3 is 1.68 bits per heavy atom. The number of carbonyl (C=O) groups excluding carboxylic acids is 8. The largest absolute Gasteiger partial charge is 0.508 e. The summed E-state index contributed by atoms with van der Waals surface area (Å²) in [6, 6.07) is -5.99. The molecule has 414 valence electrons. The van der Waals surface area contributed by atoms with Crippen molar-refractivity contribution >= 4 is 65.2 Å². The third-order valence-corrected chi connectivity index (χ3v) is 12.1. The van der Waals surface area contributed by atoms with Crippen LogP contribution < -0.4 is 48.7 Å². The fourth-order valence-corrected chi connectivity index (χ4v) is 8.10. The Bertz CT molecular complexity index is 2120. The third kappa shape index (κ3) is 21.7. The van der Waals surface area contributed by atoms with Gasteiger partial charge in [0.15, 0.2) is 0 Å². The van der Waals surface area contributed by atoms with Gasteiger partial charge in [-0.05, 0) is 107 Å². The van der Waals surface area contributed by atoms with Crippen LogP contribution in [0.2, 0.25) is 0 Å². The fourth-order valence-electron chi connectivity index (χ4n) is 8.10. The average molecular weight is 1050 g/mol. The number of nitrogens with two attached hydrogens (primary N) is 2.